The maximum absolute atomic E-state index is 2.34. The Kier molecular flexibility index (Phi) is 9.65. The van der Waals surface area contributed by atoms with Crippen molar-refractivity contribution in [1.82, 2.24) is 0 Å². The molecule has 0 aliphatic rings. The van der Waals surface area contributed by atoms with Gasteiger partial charge in [-0.15, -0.1) is 0 Å². The molecule has 0 fully saturated rings. The Morgan fingerprint density at radius 1 is 0.560 bits per heavy atom. The second-order valence-corrected chi connectivity index (χ2v) is 8.49. The van der Waals surface area contributed by atoms with Gasteiger partial charge in [0.05, 0.1) is 0 Å². The van der Waals surface area contributed by atoms with Gasteiger partial charge in [-0.1, -0.05) is 87.3 Å². The molecule has 0 aliphatic heterocycles. The largest absolute Gasteiger partial charge is 0.0654 e. The number of hydrogen-bond donors (Lipinski definition) is 0. The first-order valence-electron chi connectivity index (χ1n) is 10.2. The molecule has 0 bridgehead atoms. The Bertz CT molecular complexity index is 549. The molecule has 0 unspecified atom stereocenters. The van der Waals surface area contributed by atoms with E-state index in [0.29, 0.717) is 0 Å². The van der Waals surface area contributed by atoms with Crippen LogP contribution in [0.1, 0.15) is 61.8 Å². The van der Waals surface area contributed by atoms with E-state index in [9.17, 15) is 0 Å². The van der Waals surface area contributed by atoms with Gasteiger partial charge in [-0.25, -0.2) is 0 Å². The van der Waals surface area contributed by atoms with Gasteiger partial charge in [0, 0.05) is 9.52 Å². The zero-order valence-electron chi connectivity index (χ0n) is 16.2. The highest BCUT2D eigenvalue weighted by atomic mass is 28.2. The molecule has 0 nitrogen and oxygen atoms in total. The summed E-state index contributed by atoms with van der Waals surface area (Å²) >= 11 is 0. The molecule has 0 saturated heterocycles. The zero-order chi connectivity index (χ0) is 17.7. The van der Waals surface area contributed by atoms with Crippen LogP contribution >= 0.6 is 0 Å². The van der Waals surface area contributed by atoms with Crippen LogP contribution in [0.5, 0.6) is 0 Å². The van der Waals surface area contributed by atoms with Crippen molar-refractivity contribution < 1.29 is 0 Å². The van der Waals surface area contributed by atoms with Crippen LogP contribution in [0, 0.1) is 0 Å². The first-order chi connectivity index (χ1) is 12.3. The summed E-state index contributed by atoms with van der Waals surface area (Å²) in [6.45, 7) is 4.56. The van der Waals surface area contributed by atoms with Crippen LogP contribution in [-0.4, -0.2) is 9.52 Å². The quantitative estimate of drug-likeness (QED) is 0.295. The minimum atomic E-state index is 1.08. The van der Waals surface area contributed by atoms with Crippen LogP contribution in [0.4, 0.5) is 0 Å². The van der Waals surface area contributed by atoms with E-state index in [4.69, 9.17) is 0 Å². The van der Waals surface area contributed by atoms with Crippen molar-refractivity contribution in [2.45, 2.75) is 77.3 Å². The Morgan fingerprint density at radius 2 is 0.920 bits per heavy atom. The molecule has 2 rings (SSSR count). The van der Waals surface area contributed by atoms with Crippen LogP contribution in [0.2, 0.25) is 12.1 Å². The zero-order valence-corrected chi connectivity index (χ0v) is 17.2. The molecule has 0 aromatic heterocycles. The van der Waals surface area contributed by atoms with Crippen LogP contribution in [-0.2, 0) is 25.7 Å². The predicted octanol–water partition coefficient (Wildman–Crippen LogP) is 6.70. The molecule has 2 aromatic carbocycles. The molecule has 0 saturated carbocycles. The third kappa shape index (κ3) is 7.19. The minimum Gasteiger partial charge on any atom is -0.0654 e. The van der Waals surface area contributed by atoms with E-state index in [2.05, 4.69) is 62.4 Å². The van der Waals surface area contributed by atoms with Crippen molar-refractivity contribution in [3.8, 4) is 0 Å². The van der Waals surface area contributed by atoms with E-state index in [-0.39, 0.29) is 0 Å². The Hall–Kier alpha value is -1.34. The van der Waals surface area contributed by atoms with Gasteiger partial charge in [0.2, 0.25) is 0 Å². The highest BCUT2D eigenvalue weighted by Crippen LogP contribution is 2.16. The van der Waals surface area contributed by atoms with Crippen LogP contribution in [0.3, 0.4) is 0 Å². The fourth-order valence-electron chi connectivity index (χ4n) is 3.40. The fraction of sp³-hybridized carbons (Fsp3) is 0.500. The predicted molar refractivity (Wildman–Crippen MR) is 113 cm³/mol. The normalized spacial score (nSPS) is 11.0. The summed E-state index contributed by atoms with van der Waals surface area (Å²) in [6.07, 6.45) is 10.2. The lowest BCUT2D eigenvalue weighted by Gasteiger charge is -2.10. The fourth-order valence-corrected chi connectivity index (χ4v) is 4.54. The summed E-state index contributed by atoms with van der Waals surface area (Å²) in [5, 5.41) is 0. The highest BCUT2D eigenvalue weighted by molar-refractivity contribution is 6.35. The van der Waals surface area contributed by atoms with Crippen molar-refractivity contribution in [2.75, 3.05) is 0 Å². The molecule has 2 aromatic rings. The first-order valence-corrected chi connectivity index (χ1v) is 11.6. The Morgan fingerprint density at radius 3 is 1.28 bits per heavy atom. The second kappa shape index (κ2) is 12.1. The van der Waals surface area contributed by atoms with Crippen molar-refractivity contribution in [2.24, 2.45) is 0 Å². The lowest BCUT2D eigenvalue weighted by Crippen LogP contribution is -2.00. The molecule has 0 atom stereocenters. The van der Waals surface area contributed by atoms with Gasteiger partial charge >= 0.3 is 0 Å². The number of unbranched alkanes of at least 4 members (excludes halogenated alkanes) is 2. The van der Waals surface area contributed by atoms with Gasteiger partial charge in [0.25, 0.3) is 0 Å². The number of rotatable bonds is 12. The van der Waals surface area contributed by atoms with E-state index in [1.165, 1.54) is 63.5 Å². The molecule has 25 heavy (non-hydrogen) atoms. The summed E-state index contributed by atoms with van der Waals surface area (Å²) in [6, 6.07) is 20.9. The monoisotopic (exact) mass is 350 g/mol. The van der Waals surface area contributed by atoms with Crippen LogP contribution in [0.25, 0.3) is 0 Å². The molecule has 0 amide bonds. The van der Waals surface area contributed by atoms with Gasteiger partial charge in [-0.05, 0) is 60.8 Å². The summed E-state index contributed by atoms with van der Waals surface area (Å²) in [5.41, 5.74) is 6.34. The third-order valence-electron chi connectivity index (χ3n) is 4.98. The summed E-state index contributed by atoms with van der Waals surface area (Å²) in [5.74, 6) is 0. The van der Waals surface area contributed by atoms with E-state index in [0.717, 1.165) is 9.52 Å². The van der Waals surface area contributed by atoms with Crippen molar-refractivity contribution >= 4 is 9.52 Å². The number of aryl methyl sites for hydroxylation is 4. The highest BCUT2D eigenvalue weighted by Gasteiger charge is 2.04. The molecule has 0 heterocycles. The minimum absolute atomic E-state index is 1.08. The first kappa shape index (κ1) is 20.0. The van der Waals surface area contributed by atoms with E-state index in [1.54, 1.807) is 22.3 Å². The summed E-state index contributed by atoms with van der Waals surface area (Å²) in [7, 11) is 1.08. The van der Waals surface area contributed by atoms with Crippen LogP contribution in [0.15, 0.2) is 48.5 Å². The maximum atomic E-state index is 2.34. The van der Waals surface area contributed by atoms with Crippen molar-refractivity contribution in [3.05, 3.63) is 70.8 Å². The van der Waals surface area contributed by atoms with Crippen LogP contribution < -0.4 is 0 Å². The molecule has 134 valence electrons. The molecule has 0 aliphatic carbocycles. The third-order valence-corrected chi connectivity index (χ3v) is 6.19. The Labute approximate surface area is 157 Å². The average Bonchev–Trinajstić information content (AvgIpc) is 2.66. The SMILES string of the molecule is CCCCc1ccccc1CC[Si]CCc1ccccc1CCCC. The lowest BCUT2D eigenvalue weighted by atomic mass is 10.0. The van der Waals surface area contributed by atoms with Gasteiger partial charge < -0.3 is 0 Å². The van der Waals surface area contributed by atoms with E-state index in [1.807, 2.05) is 0 Å². The molecule has 0 spiro atoms. The van der Waals surface area contributed by atoms with Gasteiger partial charge in [-0.2, -0.15) is 0 Å². The second-order valence-electron chi connectivity index (χ2n) is 6.99. The lowest BCUT2D eigenvalue weighted by molar-refractivity contribution is 0.786. The molecule has 0 N–H and O–H groups in total. The smallest absolute Gasteiger partial charge is 0.0384 e. The van der Waals surface area contributed by atoms with Gasteiger partial charge in [0.15, 0.2) is 0 Å². The molecular formula is C24H34Si. The van der Waals surface area contributed by atoms with Crippen molar-refractivity contribution in [3.63, 3.8) is 0 Å². The molecule has 1 heteroatoms. The average molecular weight is 351 g/mol. The van der Waals surface area contributed by atoms with Crippen molar-refractivity contribution in [1.29, 1.82) is 0 Å². The number of benzene rings is 2. The summed E-state index contributed by atoms with van der Waals surface area (Å²) in [4.78, 5) is 0. The van der Waals surface area contributed by atoms with E-state index < -0.39 is 0 Å². The standard InChI is InChI=1S/C24H34Si/c1-3-5-11-21-13-7-9-15-23(21)17-19-25-20-18-24-16-10-8-14-22(24)12-6-4-2/h7-10,13-16H,3-6,11-12,17-20H2,1-2H3. The maximum Gasteiger partial charge on any atom is 0.0384 e. The molecule has 2 radical (unpaired) electrons. The molecular weight excluding hydrogens is 316 g/mol. The summed E-state index contributed by atoms with van der Waals surface area (Å²) < 4.78 is 0. The number of hydrogen-bond acceptors (Lipinski definition) is 0. The topological polar surface area (TPSA) is 0 Å². The van der Waals surface area contributed by atoms with Gasteiger partial charge in [-0.3, -0.25) is 0 Å². The van der Waals surface area contributed by atoms with E-state index >= 15 is 0 Å². The van der Waals surface area contributed by atoms with Gasteiger partial charge in [0.1, 0.15) is 0 Å². The Balaban J connectivity index is 1.75.